The monoisotopic (exact) mass is 656 g/mol. The second-order valence-electron chi connectivity index (χ2n) is 9.50. The van der Waals surface area contributed by atoms with Gasteiger partial charge in [-0.15, -0.1) is 0 Å². The second-order valence-corrected chi connectivity index (χ2v) is 9.50. The summed E-state index contributed by atoms with van der Waals surface area (Å²) in [6.45, 7) is 0. The fourth-order valence-corrected chi connectivity index (χ4v) is 4.66. The molecule has 0 aliphatic carbocycles. The van der Waals surface area contributed by atoms with Gasteiger partial charge in [0, 0.05) is 21.5 Å². The van der Waals surface area contributed by atoms with Crippen molar-refractivity contribution >= 4 is 39.6 Å². The zero-order valence-electron chi connectivity index (χ0n) is 22.0. The first-order chi connectivity index (χ1) is 21.8. The molecule has 0 fully saturated rings. The quantitative estimate of drug-likeness (QED) is 0.0588. The molecule has 16 heteroatoms. The summed E-state index contributed by atoms with van der Waals surface area (Å²) in [5, 5.41) is -4.35. The molecule has 234 valence electrons. The first kappa shape index (κ1) is 30.7. The molecular weight excluding hydrogens is 647 g/mol. The minimum absolute atomic E-state index is 0.198. The van der Waals surface area contributed by atoms with Crippen LogP contribution in [-0.2, 0) is 0 Å². The minimum atomic E-state index is -2.73. The van der Waals surface area contributed by atoms with Crippen molar-refractivity contribution in [3.63, 3.8) is 0 Å². The van der Waals surface area contributed by atoms with Crippen molar-refractivity contribution in [2.45, 2.75) is 0 Å². The van der Waals surface area contributed by atoms with Gasteiger partial charge in [0.15, 0.2) is 63.9 Å². The van der Waals surface area contributed by atoms with E-state index in [1.165, 1.54) is 0 Å². The fraction of sp³-hybridized carbons (Fsp3) is 0. The Kier molecular flexibility index (Phi) is 7.53. The molecule has 46 heavy (non-hydrogen) atoms. The lowest BCUT2D eigenvalue weighted by atomic mass is 10.0. The highest BCUT2D eigenvalue weighted by molar-refractivity contribution is 6.40. The molecule has 0 unspecified atom stereocenters. The van der Waals surface area contributed by atoms with Crippen molar-refractivity contribution in [3.8, 4) is 17.2 Å². The van der Waals surface area contributed by atoms with E-state index in [2.05, 4.69) is 0 Å². The highest BCUT2D eigenvalue weighted by atomic mass is 19.2. The number of benzene rings is 6. The summed E-state index contributed by atoms with van der Waals surface area (Å²) in [7, 11) is -2.73. The maximum absolute atomic E-state index is 15.3. The zero-order chi connectivity index (χ0) is 33.2. The van der Waals surface area contributed by atoms with Crippen molar-refractivity contribution in [2.75, 3.05) is 0 Å². The van der Waals surface area contributed by atoms with Crippen LogP contribution in [0.4, 0.5) is 52.7 Å². The molecule has 0 bridgehead atoms. The van der Waals surface area contributed by atoms with Crippen molar-refractivity contribution < 1.29 is 66.6 Å². The van der Waals surface area contributed by atoms with Crippen LogP contribution in [-0.4, -0.2) is 7.32 Å². The van der Waals surface area contributed by atoms with Gasteiger partial charge in [0.25, 0.3) is 0 Å². The molecule has 3 nitrogen and oxygen atoms in total. The van der Waals surface area contributed by atoms with E-state index in [9.17, 15) is 48.3 Å². The molecule has 0 amide bonds. The predicted octanol–water partition coefficient (Wildman–Crippen LogP) is 9.34. The molecule has 0 atom stereocenters. The highest BCUT2D eigenvalue weighted by Gasteiger charge is 2.37. The van der Waals surface area contributed by atoms with E-state index in [0.29, 0.717) is 24.3 Å². The SMILES string of the molecule is Fc1ccc(OB(Oc2c(F)c(F)c(F)c3cc4c(F)c(F)ccc4cc23)Oc2cccc3c(F)c(F)c(F)c(F)c23)c(F)c1F. The summed E-state index contributed by atoms with van der Waals surface area (Å²) < 4.78 is 188. The largest absolute Gasteiger partial charge is 0.864 e. The Morgan fingerprint density at radius 3 is 1.74 bits per heavy atom. The first-order valence-corrected chi connectivity index (χ1v) is 12.6. The van der Waals surface area contributed by atoms with Crippen molar-refractivity contribution in [1.29, 1.82) is 0 Å². The van der Waals surface area contributed by atoms with Crippen LogP contribution in [0.25, 0.3) is 32.3 Å². The molecule has 6 rings (SSSR count). The molecular formula is C30H9BF12O3. The van der Waals surface area contributed by atoms with Crippen LogP contribution in [0.2, 0.25) is 0 Å². The van der Waals surface area contributed by atoms with Crippen LogP contribution in [0.3, 0.4) is 0 Å². The van der Waals surface area contributed by atoms with E-state index in [-0.39, 0.29) is 5.39 Å². The van der Waals surface area contributed by atoms with Gasteiger partial charge in [0.1, 0.15) is 11.5 Å². The normalized spacial score (nSPS) is 11.5. The molecule has 0 heterocycles. The van der Waals surface area contributed by atoms with Crippen molar-refractivity contribution in [1.82, 2.24) is 0 Å². The lowest BCUT2D eigenvalue weighted by Gasteiger charge is -2.20. The van der Waals surface area contributed by atoms with Crippen molar-refractivity contribution in [3.05, 3.63) is 124 Å². The van der Waals surface area contributed by atoms with Crippen LogP contribution in [0.1, 0.15) is 0 Å². The molecule has 0 saturated heterocycles. The van der Waals surface area contributed by atoms with Gasteiger partial charge in [-0.25, -0.2) is 43.9 Å². The van der Waals surface area contributed by atoms with E-state index >= 15 is 4.39 Å². The average molecular weight is 656 g/mol. The minimum Gasteiger partial charge on any atom is -0.489 e. The van der Waals surface area contributed by atoms with Crippen LogP contribution in [0, 0.1) is 69.8 Å². The number of rotatable bonds is 6. The van der Waals surface area contributed by atoms with Gasteiger partial charge in [-0.1, -0.05) is 18.2 Å². The summed E-state index contributed by atoms with van der Waals surface area (Å²) in [6, 6.07) is 6.46. The summed E-state index contributed by atoms with van der Waals surface area (Å²) in [6.07, 6.45) is 0. The number of hydrogen-bond acceptors (Lipinski definition) is 3. The highest BCUT2D eigenvalue weighted by Crippen LogP contribution is 2.39. The lowest BCUT2D eigenvalue weighted by Crippen LogP contribution is -2.38. The number of fused-ring (bicyclic) bond motifs is 3. The smallest absolute Gasteiger partial charge is 0.489 e. The average Bonchev–Trinajstić information content (AvgIpc) is 3.05. The van der Waals surface area contributed by atoms with Crippen molar-refractivity contribution in [2.24, 2.45) is 0 Å². The lowest BCUT2D eigenvalue weighted by molar-refractivity contribution is 0.289. The molecule has 0 aliphatic rings. The van der Waals surface area contributed by atoms with Crippen LogP contribution in [0.15, 0.2) is 54.6 Å². The summed E-state index contributed by atoms with van der Waals surface area (Å²) in [5.74, 6) is -26.7. The Bertz CT molecular complexity index is 2250. The van der Waals surface area contributed by atoms with Crippen LogP contribution >= 0.6 is 0 Å². The Morgan fingerprint density at radius 1 is 0.391 bits per heavy atom. The Hall–Kier alpha value is -5.28. The van der Waals surface area contributed by atoms with Crippen LogP contribution < -0.4 is 14.0 Å². The van der Waals surface area contributed by atoms with E-state index in [0.717, 1.165) is 30.3 Å². The third-order valence-corrected chi connectivity index (χ3v) is 6.83. The number of halogens is 12. The first-order valence-electron chi connectivity index (χ1n) is 12.6. The van der Waals surface area contributed by atoms with Gasteiger partial charge in [0.2, 0.25) is 11.6 Å². The van der Waals surface area contributed by atoms with E-state index < -0.39 is 121 Å². The van der Waals surface area contributed by atoms with Gasteiger partial charge in [-0.2, -0.15) is 8.78 Å². The second kappa shape index (κ2) is 11.3. The Labute approximate surface area is 248 Å². The molecule has 6 aromatic rings. The Balaban J connectivity index is 1.56. The fourth-order valence-electron chi connectivity index (χ4n) is 4.66. The molecule has 0 N–H and O–H groups in total. The standard InChI is InChI=1S/C30H9BF12O3/c32-15-5-4-10-8-14-13(9-12(10)20(15)34)22(36)27(41)29(43)30(14)46-31(45-18-7-6-16(33)23(37)24(18)38)44-17-3-1-2-11-19(17)25(39)28(42)26(40)21(11)35/h1-9H. The summed E-state index contributed by atoms with van der Waals surface area (Å²) in [5.41, 5.74) is 0. The van der Waals surface area contributed by atoms with E-state index in [1.54, 1.807) is 0 Å². The molecule has 0 aromatic heterocycles. The maximum atomic E-state index is 15.3. The van der Waals surface area contributed by atoms with E-state index in [1.807, 2.05) is 0 Å². The Morgan fingerprint density at radius 2 is 1.00 bits per heavy atom. The summed E-state index contributed by atoms with van der Waals surface area (Å²) in [4.78, 5) is 0. The topological polar surface area (TPSA) is 27.7 Å². The third-order valence-electron chi connectivity index (χ3n) is 6.83. The van der Waals surface area contributed by atoms with Gasteiger partial charge >= 0.3 is 7.32 Å². The van der Waals surface area contributed by atoms with Gasteiger partial charge in [0.05, 0.1) is 5.39 Å². The van der Waals surface area contributed by atoms with Gasteiger partial charge < -0.3 is 14.0 Å². The van der Waals surface area contributed by atoms with Gasteiger partial charge in [-0.3, -0.25) is 0 Å². The third kappa shape index (κ3) is 4.84. The van der Waals surface area contributed by atoms with Crippen LogP contribution in [0.5, 0.6) is 17.2 Å². The molecule has 0 saturated carbocycles. The van der Waals surface area contributed by atoms with E-state index in [4.69, 9.17) is 14.0 Å². The number of hydrogen-bond donors (Lipinski definition) is 0. The molecule has 6 aromatic carbocycles. The molecule has 0 spiro atoms. The molecule has 0 aliphatic heterocycles. The summed E-state index contributed by atoms with van der Waals surface area (Å²) >= 11 is 0. The maximum Gasteiger partial charge on any atom is 0.864 e. The zero-order valence-corrected chi connectivity index (χ0v) is 22.0. The molecule has 0 radical (unpaired) electrons. The predicted molar refractivity (Wildman–Crippen MR) is 139 cm³/mol. The van der Waals surface area contributed by atoms with Gasteiger partial charge in [-0.05, 0) is 41.8 Å².